The second-order valence-corrected chi connectivity index (χ2v) is 4.69. The lowest BCUT2D eigenvalue weighted by Crippen LogP contribution is -2.22. The average Bonchev–Trinajstić information content (AvgIpc) is 2.34. The molecule has 1 amide bonds. The number of anilines is 1. The molecule has 2 rings (SSSR count). The van der Waals surface area contributed by atoms with E-state index < -0.39 is 0 Å². The first-order valence-corrected chi connectivity index (χ1v) is 6.33. The lowest BCUT2D eigenvalue weighted by molar-refractivity contribution is -0.116. The van der Waals surface area contributed by atoms with Crippen LogP contribution in [0, 0.1) is 13.8 Å². The van der Waals surface area contributed by atoms with Crippen molar-refractivity contribution in [1.29, 1.82) is 0 Å². The summed E-state index contributed by atoms with van der Waals surface area (Å²) in [6.45, 7) is 5.53. The average molecular weight is 248 g/mol. The molecule has 4 heteroatoms. The van der Waals surface area contributed by atoms with Gasteiger partial charge in [-0.3, -0.25) is 4.79 Å². The summed E-state index contributed by atoms with van der Waals surface area (Å²) >= 11 is 0. The molecule has 0 radical (unpaired) electrons. The van der Waals surface area contributed by atoms with E-state index in [-0.39, 0.29) is 5.91 Å². The molecule has 1 aliphatic heterocycles. The maximum absolute atomic E-state index is 11.5. The fraction of sp³-hybridized carbons (Fsp3) is 0.500. The first kappa shape index (κ1) is 12.9. The van der Waals surface area contributed by atoms with Crippen LogP contribution in [0.2, 0.25) is 0 Å². The highest BCUT2D eigenvalue weighted by Crippen LogP contribution is 2.36. The number of fused-ring (bicyclic) bond motifs is 1. The highest BCUT2D eigenvalue weighted by Gasteiger charge is 2.22. The van der Waals surface area contributed by atoms with Crippen molar-refractivity contribution in [3.8, 4) is 5.75 Å². The van der Waals surface area contributed by atoms with Crippen molar-refractivity contribution in [2.75, 3.05) is 25.5 Å². The lowest BCUT2D eigenvalue weighted by Gasteiger charge is -2.23. The number of benzene rings is 1. The zero-order valence-corrected chi connectivity index (χ0v) is 11.2. The number of hydrogen-bond donors (Lipinski definition) is 2. The van der Waals surface area contributed by atoms with E-state index in [4.69, 9.17) is 4.74 Å². The summed E-state index contributed by atoms with van der Waals surface area (Å²) in [6, 6.07) is 2.07. The maximum atomic E-state index is 11.5. The van der Waals surface area contributed by atoms with Crippen molar-refractivity contribution < 1.29 is 9.53 Å². The number of amides is 1. The molecule has 0 fully saturated rings. The Morgan fingerprint density at radius 3 is 2.83 bits per heavy atom. The van der Waals surface area contributed by atoms with Gasteiger partial charge in [-0.25, -0.2) is 0 Å². The topological polar surface area (TPSA) is 50.4 Å². The molecule has 98 valence electrons. The van der Waals surface area contributed by atoms with E-state index in [2.05, 4.69) is 23.6 Å². The minimum atomic E-state index is 0.0932. The van der Waals surface area contributed by atoms with Gasteiger partial charge in [-0.15, -0.1) is 0 Å². The molecule has 0 bridgehead atoms. The van der Waals surface area contributed by atoms with Gasteiger partial charge in [0.25, 0.3) is 0 Å². The van der Waals surface area contributed by atoms with Gasteiger partial charge in [0.15, 0.2) is 0 Å². The molecular formula is C14H20N2O2. The molecule has 0 aliphatic carbocycles. The van der Waals surface area contributed by atoms with Crippen LogP contribution in [0.3, 0.4) is 0 Å². The summed E-state index contributed by atoms with van der Waals surface area (Å²) in [5.74, 6) is 1.03. The molecule has 4 nitrogen and oxygen atoms in total. The Hall–Kier alpha value is -1.55. The molecule has 1 aromatic rings. The summed E-state index contributed by atoms with van der Waals surface area (Å²) in [6.07, 6.45) is 1.30. The summed E-state index contributed by atoms with van der Waals surface area (Å²) < 4.78 is 5.85. The first-order chi connectivity index (χ1) is 8.63. The Morgan fingerprint density at radius 2 is 2.11 bits per heavy atom. The number of likely N-dealkylation sites (N-methyl/N-ethyl adjacent to an activating group) is 1. The normalized spacial score (nSPS) is 14.1. The molecule has 2 N–H and O–H groups in total. The van der Waals surface area contributed by atoms with E-state index in [1.54, 1.807) is 0 Å². The Morgan fingerprint density at radius 1 is 1.33 bits per heavy atom. The van der Waals surface area contributed by atoms with Crippen LogP contribution < -0.4 is 15.4 Å². The molecule has 0 aromatic heterocycles. The lowest BCUT2D eigenvalue weighted by atomic mass is 9.95. The monoisotopic (exact) mass is 248 g/mol. The second kappa shape index (κ2) is 5.40. The Bertz CT molecular complexity index is 469. The number of aryl methyl sites for hydroxylation is 2. The van der Waals surface area contributed by atoms with Crippen LogP contribution in [0.15, 0.2) is 6.07 Å². The van der Waals surface area contributed by atoms with Crippen LogP contribution >= 0.6 is 0 Å². The predicted molar refractivity (Wildman–Crippen MR) is 72.3 cm³/mol. The fourth-order valence-corrected chi connectivity index (χ4v) is 2.36. The summed E-state index contributed by atoms with van der Waals surface area (Å²) in [5, 5.41) is 6.01. The third-order valence-corrected chi connectivity index (χ3v) is 3.23. The SMILES string of the molecule is CNCCOc1c(C)cc(C)c2c1CCC(=O)N2. The van der Waals surface area contributed by atoms with Crippen molar-refractivity contribution >= 4 is 11.6 Å². The standard InChI is InChI=1S/C14H20N2O2/c1-9-8-10(2)14(18-7-6-15-3)11-4-5-12(17)16-13(9)11/h8,15H,4-7H2,1-3H3,(H,16,17). The van der Waals surface area contributed by atoms with Crippen molar-refractivity contribution in [2.45, 2.75) is 26.7 Å². The molecule has 0 atom stereocenters. The quantitative estimate of drug-likeness (QED) is 0.799. The van der Waals surface area contributed by atoms with Crippen molar-refractivity contribution in [1.82, 2.24) is 5.32 Å². The van der Waals surface area contributed by atoms with Crippen LogP contribution in [0.4, 0.5) is 5.69 Å². The Balaban J connectivity index is 2.33. The zero-order valence-electron chi connectivity index (χ0n) is 11.2. The molecule has 0 unspecified atom stereocenters. The van der Waals surface area contributed by atoms with E-state index in [1.807, 2.05) is 14.0 Å². The van der Waals surface area contributed by atoms with Gasteiger partial charge in [0.2, 0.25) is 5.91 Å². The molecule has 1 heterocycles. The van der Waals surface area contributed by atoms with Crippen molar-refractivity contribution in [3.63, 3.8) is 0 Å². The van der Waals surface area contributed by atoms with Crippen LogP contribution in [-0.4, -0.2) is 26.1 Å². The van der Waals surface area contributed by atoms with Gasteiger partial charge in [0.1, 0.15) is 12.4 Å². The van der Waals surface area contributed by atoms with Gasteiger partial charge in [0, 0.05) is 18.5 Å². The van der Waals surface area contributed by atoms with Crippen LogP contribution in [0.5, 0.6) is 5.75 Å². The number of hydrogen-bond acceptors (Lipinski definition) is 3. The van der Waals surface area contributed by atoms with Gasteiger partial charge in [-0.05, 0) is 38.4 Å². The number of rotatable bonds is 4. The van der Waals surface area contributed by atoms with Crippen molar-refractivity contribution in [2.24, 2.45) is 0 Å². The van der Waals surface area contributed by atoms with Gasteiger partial charge >= 0.3 is 0 Å². The molecule has 18 heavy (non-hydrogen) atoms. The van der Waals surface area contributed by atoms with E-state index in [0.29, 0.717) is 13.0 Å². The van der Waals surface area contributed by atoms with Crippen LogP contribution in [0.25, 0.3) is 0 Å². The number of carbonyl (C=O) groups is 1. The summed E-state index contributed by atoms with van der Waals surface area (Å²) in [7, 11) is 1.90. The maximum Gasteiger partial charge on any atom is 0.224 e. The predicted octanol–water partition coefficient (Wildman–Crippen LogP) is 1.79. The molecular weight excluding hydrogens is 228 g/mol. The first-order valence-electron chi connectivity index (χ1n) is 6.33. The molecule has 1 aromatic carbocycles. The Kier molecular flexibility index (Phi) is 3.87. The molecule has 0 saturated heterocycles. The third kappa shape index (κ3) is 2.48. The van der Waals surface area contributed by atoms with Gasteiger partial charge < -0.3 is 15.4 Å². The fourth-order valence-electron chi connectivity index (χ4n) is 2.36. The summed E-state index contributed by atoms with van der Waals surface area (Å²) in [5.41, 5.74) is 4.33. The number of carbonyl (C=O) groups excluding carboxylic acids is 1. The molecule has 0 saturated carbocycles. The van der Waals surface area contributed by atoms with Gasteiger partial charge in [0.05, 0.1) is 5.69 Å². The van der Waals surface area contributed by atoms with E-state index in [1.165, 1.54) is 0 Å². The zero-order chi connectivity index (χ0) is 13.1. The van der Waals surface area contributed by atoms with Gasteiger partial charge in [-0.2, -0.15) is 0 Å². The third-order valence-electron chi connectivity index (χ3n) is 3.23. The molecule has 1 aliphatic rings. The van der Waals surface area contributed by atoms with Gasteiger partial charge in [-0.1, -0.05) is 6.07 Å². The second-order valence-electron chi connectivity index (χ2n) is 4.69. The number of ether oxygens (including phenoxy) is 1. The van der Waals surface area contributed by atoms with E-state index in [0.717, 1.165) is 41.1 Å². The van der Waals surface area contributed by atoms with E-state index >= 15 is 0 Å². The van der Waals surface area contributed by atoms with Crippen LogP contribution in [0.1, 0.15) is 23.1 Å². The highest BCUT2D eigenvalue weighted by molar-refractivity contribution is 5.95. The Labute approximate surface area is 108 Å². The smallest absolute Gasteiger partial charge is 0.224 e. The van der Waals surface area contributed by atoms with Crippen LogP contribution in [-0.2, 0) is 11.2 Å². The molecule has 0 spiro atoms. The minimum Gasteiger partial charge on any atom is -0.492 e. The van der Waals surface area contributed by atoms with Crippen molar-refractivity contribution in [3.05, 3.63) is 22.8 Å². The minimum absolute atomic E-state index is 0.0932. The van der Waals surface area contributed by atoms with E-state index in [9.17, 15) is 4.79 Å². The summed E-state index contributed by atoms with van der Waals surface area (Å²) in [4.78, 5) is 11.5. The highest BCUT2D eigenvalue weighted by atomic mass is 16.5. The largest absolute Gasteiger partial charge is 0.492 e. The number of nitrogens with one attached hydrogen (secondary N) is 2.